The van der Waals surface area contributed by atoms with Crippen molar-refractivity contribution in [3.05, 3.63) is 17.2 Å². The maximum atomic E-state index is 13.1. The Kier molecular flexibility index (Phi) is 6.66. The molecule has 3 amide bonds. The van der Waals surface area contributed by atoms with Crippen LogP contribution < -0.4 is 5.32 Å². The highest BCUT2D eigenvalue weighted by Gasteiger charge is 2.31. The van der Waals surface area contributed by atoms with Gasteiger partial charge in [-0.1, -0.05) is 0 Å². The summed E-state index contributed by atoms with van der Waals surface area (Å²) in [5, 5.41) is 2.87. The molecule has 9 nitrogen and oxygen atoms in total. The summed E-state index contributed by atoms with van der Waals surface area (Å²) < 4.78 is 6.91. The largest absolute Gasteiger partial charge is 0.385 e. The molecule has 1 saturated heterocycles. The quantitative estimate of drug-likeness (QED) is 0.703. The Morgan fingerprint density at radius 3 is 2.46 bits per heavy atom. The van der Waals surface area contributed by atoms with Crippen LogP contribution in [0.5, 0.6) is 0 Å². The number of rotatable bonds is 6. The van der Waals surface area contributed by atoms with Crippen molar-refractivity contribution in [2.45, 2.75) is 39.2 Å². The molecule has 28 heavy (non-hydrogen) atoms. The first kappa shape index (κ1) is 20.3. The van der Waals surface area contributed by atoms with Gasteiger partial charge in [0.15, 0.2) is 5.82 Å². The van der Waals surface area contributed by atoms with Gasteiger partial charge < -0.3 is 24.4 Å². The number of nitrogens with zero attached hydrogens (tertiary/aromatic N) is 4. The molecule has 0 bridgehead atoms. The molecule has 0 radical (unpaired) electrons. The highest BCUT2D eigenvalue weighted by molar-refractivity contribution is 5.97. The maximum absolute atomic E-state index is 13.1. The molecule has 0 saturated carbocycles. The molecule has 3 rings (SSSR count). The smallest absolute Gasteiger partial charge is 0.290 e. The van der Waals surface area contributed by atoms with Gasteiger partial charge in [-0.3, -0.25) is 14.4 Å². The minimum Gasteiger partial charge on any atom is -0.385 e. The molecule has 0 aliphatic carbocycles. The van der Waals surface area contributed by atoms with Gasteiger partial charge in [0.1, 0.15) is 5.69 Å². The number of aromatic nitrogens is 2. The third-order valence-corrected chi connectivity index (χ3v) is 5.35. The summed E-state index contributed by atoms with van der Waals surface area (Å²) in [6.07, 6.45) is 3.43. The third kappa shape index (κ3) is 4.35. The maximum Gasteiger partial charge on any atom is 0.290 e. The Morgan fingerprint density at radius 1 is 1.07 bits per heavy atom. The van der Waals surface area contributed by atoms with Gasteiger partial charge in [-0.05, 0) is 25.7 Å². The first-order valence-corrected chi connectivity index (χ1v) is 9.94. The monoisotopic (exact) mass is 391 g/mol. The zero-order valence-electron chi connectivity index (χ0n) is 16.7. The molecule has 0 unspecified atom stereocenters. The fourth-order valence-electron chi connectivity index (χ4n) is 3.76. The van der Waals surface area contributed by atoms with Crippen molar-refractivity contribution in [3.8, 4) is 0 Å². The lowest BCUT2D eigenvalue weighted by Crippen LogP contribution is -2.50. The van der Waals surface area contributed by atoms with E-state index >= 15 is 0 Å². The summed E-state index contributed by atoms with van der Waals surface area (Å²) in [5.41, 5.74) is 1.21. The van der Waals surface area contributed by atoms with E-state index in [0.717, 1.165) is 31.4 Å². The highest BCUT2D eigenvalue weighted by atomic mass is 16.5. The topological polar surface area (TPSA) is 96.8 Å². The van der Waals surface area contributed by atoms with Crippen LogP contribution in [-0.4, -0.2) is 83.5 Å². The van der Waals surface area contributed by atoms with Crippen molar-refractivity contribution in [1.29, 1.82) is 0 Å². The van der Waals surface area contributed by atoms with Gasteiger partial charge >= 0.3 is 0 Å². The summed E-state index contributed by atoms with van der Waals surface area (Å²) in [6.45, 7) is 5.36. The number of fused-ring (bicyclic) bond motifs is 1. The van der Waals surface area contributed by atoms with Gasteiger partial charge in [0, 0.05) is 59.9 Å². The summed E-state index contributed by atoms with van der Waals surface area (Å²) in [6, 6.07) is 0. The molecule has 0 spiro atoms. The van der Waals surface area contributed by atoms with Crippen molar-refractivity contribution < 1.29 is 19.1 Å². The number of carbonyl (C=O) groups is 3. The summed E-state index contributed by atoms with van der Waals surface area (Å²) in [4.78, 5) is 45.1. The number of ether oxygens (including phenoxy) is 1. The second-order valence-electron chi connectivity index (χ2n) is 7.24. The Balaban J connectivity index is 1.74. The number of imidazole rings is 1. The molecule has 1 aromatic heterocycles. The molecule has 1 aromatic rings. The summed E-state index contributed by atoms with van der Waals surface area (Å²) >= 11 is 0. The Bertz CT molecular complexity index is 737. The molecule has 154 valence electrons. The van der Waals surface area contributed by atoms with Crippen LogP contribution in [0.15, 0.2) is 0 Å². The van der Waals surface area contributed by atoms with Crippen molar-refractivity contribution in [2.24, 2.45) is 0 Å². The van der Waals surface area contributed by atoms with Crippen LogP contribution in [0.1, 0.15) is 53.0 Å². The van der Waals surface area contributed by atoms with Crippen molar-refractivity contribution >= 4 is 17.7 Å². The molecule has 0 aromatic carbocycles. The molecular formula is C19H29N5O4. The van der Waals surface area contributed by atoms with Gasteiger partial charge in [-0.2, -0.15) is 0 Å². The molecule has 2 aliphatic heterocycles. The normalized spacial score (nSPS) is 16.6. The fraction of sp³-hybridized carbons (Fsp3) is 0.684. The average Bonchev–Trinajstić information content (AvgIpc) is 3.10. The molecule has 3 heterocycles. The lowest BCUT2D eigenvalue weighted by Gasteiger charge is -2.34. The third-order valence-electron chi connectivity index (χ3n) is 5.35. The van der Waals surface area contributed by atoms with Crippen LogP contribution >= 0.6 is 0 Å². The number of amides is 3. The van der Waals surface area contributed by atoms with Crippen molar-refractivity contribution in [3.63, 3.8) is 0 Å². The van der Waals surface area contributed by atoms with Gasteiger partial charge in [0.2, 0.25) is 5.91 Å². The van der Waals surface area contributed by atoms with Gasteiger partial charge in [0.25, 0.3) is 11.8 Å². The first-order chi connectivity index (χ1) is 13.5. The van der Waals surface area contributed by atoms with Crippen LogP contribution in [0.4, 0.5) is 0 Å². The van der Waals surface area contributed by atoms with Crippen LogP contribution in [0.25, 0.3) is 0 Å². The summed E-state index contributed by atoms with van der Waals surface area (Å²) in [7, 11) is 1.63. The van der Waals surface area contributed by atoms with E-state index in [1.807, 2.05) is 4.57 Å². The molecule has 1 fully saturated rings. The minimum absolute atomic E-state index is 0.0257. The predicted molar refractivity (Wildman–Crippen MR) is 102 cm³/mol. The lowest BCUT2D eigenvalue weighted by molar-refractivity contribution is -0.130. The number of methoxy groups -OCH3 is 1. The van der Waals surface area contributed by atoms with E-state index in [1.54, 1.807) is 23.8 Å². The van der Waals surface area contributed by atoms with E-state index in [1.165, 1.54) is 0 Å². The van der Waals surface area contributed by atoms with E-state index in [-0.39, 0.29) is 17.7 Å². The Hall–Kier alpha value is -2.42. The van der Waals surface area contributed by atoms with E-state index in [4.69, 9.17) is 4.74 Å². The Labute approximate surface area is 165 Å². The van der Waals surface area contributed by atoms with Gasteiger partial charge in [-0.25, -0.2) is 4.98 Å². The molecular weight excluding hydrogens is 362 g/mol. The molecule has 9 heteroatoms. The van der Waals surface area contributed by atoms with Crippen LogP contribution in [0, 0.1) is 0 Å². The number of piperazine rings is 1. The Morgan fingerprint density at radius 2 is 1.79 bits per heavy atom. The van der Waals surface area contributed by atoms with Gasteiger partial charge in [-0.15, -0.1) is 0 Å². The van der Waals surface area contributed by atoms with E-state index < -0.39 is 0 Å². The van der Waals surface area contributed by atoms with E-state index in [0.29, 0.717) is 57.4 Å². The zero-order valence-corrected chi connectivity index (χ0v) is 16.7. The highest BCUT2D eigenvalue weighted by Crippen LogP contribution is 2.22. The average molecular weight is 391 g/mol. The fourth-order valence-corrected chi connectivity index (χ4v) is 3.76. The lowest BCUT2D eigenvalue weighted by atomic mass is 10.1. The standard InChI is InChI=1S/C19H29N5O4/c1-14(25)22-9-11-23(12-10-22)19(27)17-21-16(15-6-3-4-8-24(15)17)18(26)20-7-5-13-28-2/h3-13H2,1-2H3,(H,20,26). The number of carbonyl (C=O) groups excluding carboxylic acids is 3. The molecule has 0 atom stereocenters. The first-order valence-electron chi connectivity index (χ1n) is 9.94. The molecule has 2 aliphatic rings. The predicted octanol–water partition coefficient (Wildman–Crippen LogP) is 0.290. The minimum atomic E-state index is -0.234. The van der Waals surface area contributed by atoms with Crippen LogP contribution in [0.2, 0.25) is 0 Å². The van der Waals surface area contributed by atoms with Crippen molar-refractivity contribution in [2.75, 3.05) is 46.4 Å². The van der Waals surface area contributed by atoms with Crippen LogP contribution in [0.3, 0.4) is 0 Å². The second kappa shape index (κ2) is 9.18. The number of nitrogens with one attached hydrogen (secondary N) is 1. The van der Waals surface area contributed by atoms with Crippen molar-refractivity contribution in [1.82, 2.24) is 24.7 Å². The number of hydrogen-bond acceptors (Lipinski definition) is 5. The summed E-state index contributed by atoms with van der Waals surface area (Å²) in [5.74, 6) is -0.0299. The zero-order chi connectivity index (χ0) is 20.1. The van der Waals surface area contributed by atoms with Gasteiger partial charge in [0.05, 0.1) is 5.69 Å². The second-order valence-corrected chi connectivity index (χ2v) is 7.24. The SMILES string of the molecule is COCCCNC(=O)c1nc(C(=O)N2CCN(C(C)=O)CC2)n2c1CCCC2. The van der Waals surface area contributed by atoms with Crippen LogP contribution in [-0.2, 0) is 22.5 Å². The number of hydrogen-bond donors (Lipinski definition) is 1. The molecule has 1 N–H and O–H groups in total. The van der Waals surface area contributed by atoms with E-state index in [2.05, 4.69) is 10.3 Å². The van der Waals surface area contributed by atoms with E-state index in [9.17, 15) is 14.4 Å².